The van der Waals surface area contributed by atoms with Gasteiger partial charge in [-0.05, 0) is 42.5 Å². The van der Waals surface area contributed by atoms with Crippen molar-refractivity contribution >= 4 is 17.5 Å². The van der Waals surface area contributed by atoms with Gasteiger partial charge in [0.15, 0.2) is 0 Å². The number of aryl methyl sites for hydroxylation is 1. The summed E-state index contributed by atoms with van der Waals surface area (Å²) in [6.07, 6.45) is 2.65. The van der Waals surface area contributed by atoms with Crippen LogP contribution in [0.3, 0.4) is 0 Å². The second-order valence-electron chi connectivity index (χ2n) is 8.52. The molecular weight excluding hydrogens is 410 g/mol. The Morgan fingerprint density at radius 2 is 1.33 bits per heavy atom. The maximum atomic E-state index is 13.1. The Balaban J connectivity index is 1.30. The van der Waals surface area contributed by atoms with Crippen LogP contribution in [-0.4, -0.2) is 29.8 Å². The lowest BCUT2D eigenvalue weighted by Crippen LogP contribution is -2.48. The number of carbonyl (C=O) groups is 2. The highest BCUT2D eigenvalue weighted by molar-refractivity contribution is 5.81. The average Bonchev–Trinajstić information content (AvgIpc) is 2.88. The molecule has 0 bridgehead atoms. The largest absolute Gasteiger partial charge is 0.343 e. The van der Waals surface area contributed by atoms with Crippen molar-refractivity contribution in [3.63, 3.8) is 0 Å². The Hall–Kier alpha value is -3.60. The van der Waals surface area contributed by atoms with E-state index in [0.29, 0.717) is 38.9 Å². The van der Waals surface area contributed by atoms with E-state index in [1.807, 2.05) is 76.6 Å². The predicted octanol–water partition coefficient (Wildman–Crippen LogP) is 4.60. The monoisotopic (exact) mass is 441 g/mol. The van der Waals surface area contributed by atoms with Crippen LogP contribution in [0.4, 0.5) is 5.69 Å². The van der Waals surface area contributed by atoms with Gasteiger partial charge in [-0.2, -0.15) is 0 Å². The lowest BCUT2D eigenvalue weighted by atomic mass is 9.95. The molecule has 4 rings (SSSR count). The Morgan fingerprint density at radius 3 is 1.94 bits per heavy atom. The summed E-state index contributed by atoms with van der Waals surface area (Å²) in [6, 6.07) is 30.1. The van der Waals surface area contributed by atoms with Crippen LogP contribution < -0.4 is 10.4 Å². The number of nitrogens with one attached hydrogen (secondary N) is 1. The van der Waals surface area contributed by atoms with Crippen molar-refractivity contribution in [2.75, 3.05) is 18.1 Å². The molecule has 0 atom stereocenters. The minimum atomic E-state index is -0.0924. The highest BCUT2D eigenvalue weighted by Crippen LogP contribution is 2.21. The van der Waals surface area contributed by atoms with Gasteiger partial charge in [-0.3, -0.25) is 20.0 Å². The lowest BCUT2D eigenvalue weighted by molar-refractivity contribution is -0.135. The number of carbonyl (C=O) groups excluding carboxylic acids is 2. The molecule has 170 valence electrons. The van der Waals surface area contributed by atoms with Gasteiger partial charge in [0, 0.05) is 25.4 Å². The van der Waals surface area contributed by atoms with Gasteiger partial charge in [-0.1, -0.05) is 78.9 Å². The molecule has 1 saturated heterocycles. The third-order valence-electron chi connectivity index (χ3n) is 6.19. The molecule has 0 aromatic heterocycles. The summed E-state index contributed by atoms with van der Waals surface area (Å²) in [5.41, 5.74) is 6.39. The zero-order chi connectivity index (χ0) is 22.9. The molecular formula is C28H31N3O2. The molecule has 0 unspecified atom stereocenters. The van der Waals surface area contributed by atoms with Gasteiger partial charge in [-0.15, -0.1) is 0 Å². The molecule has 3 aromatic rings. The number of hydrogen-bond donors (Lipinski definition) is 1. The number of benzene rings is 3. The zero-order valence-electron chi connectivity index (χ0n) is 18.9. The molecule has 5 nitrogen and oxygen atoms in total. The Morgan fingerprint density at radius 1 is 0.788 bits per heavy atom. The fourth-order valence-electron chi connectivity index (χ4n) is 4.24. The van der Waals surface area contributed by atoms with E-state index in [2.05, 4.69) is 29.7 Å². The summed E-state index contributed by atoms with van der Waals surface area (Å²) in [5, 5.41) is 1.91. The molecule has 33 heavy (non-hydrogen) atoms. The Bertz CT molecular complexity index is 1020. The van der Waals surface area contributed by atoms with Crippen LogP contribution >= 0.6 is 0 Å². The van der Waals surface area contributed by atoms with E-state index < -0.39 is 0 Å². The first-order valence-electron chi connectivity index (χ1n) is 11.7. The van der Waals surface area contributed by atoms with E-state index in [1.165, 1.54) is 5.56 Å². The first-order chi connectivity index (χ1) is 16.2. The maximum Gasteiger partial charge on any atom is 0.241 e. The summed E-state index contributed by atoms with van der Waals surface area (Å²) in [7, 11) is 0. The minimum Gasteiger partial charge on any atom is -0.343 e. The summed E-state index contributed by atoms with van der Waals surface area (Å²) in [5.74, 6) is 0.101. The van der Waals surface area contributed by atoms with Crippen LogP contribution in [0.2, 0.25) is 0 Å². The van der Waals surface area contributed by atoms with E-state index >= 15 is 0 Å². The molecule has 1 aliphatic rings. The second kappa shape index (κ2) is 11.3. The maximum absolute atomic E-state index is 13.1. The normalized spacial score (nSPS) is 14.0. The van der Waals surface area contributed by atoms with Crippen LogP contribution in [0, 0.1) is 5.92 Å². The zero-order valence-corrected chi connectivity index (χ0v) is 18.9. The predicted molar refractivity (Wildman–Crippen MR) is 131 cm³/mol. The van der Waals surface area contributed by atoms with E-state index in [-0.39, 0.29) is 17.7 Å². The third-order valence-corrected chi connectivity index (χ3v) is 6.19. The third kappa shape index (κ3) is 6.45. The summed E-state index contributed by atoms with van der Waals surface area (Å²) >= 11 is 0. The first-order valence-corrected chi connectivity index (χ1v) is 11.7. The summed E-state index contributed by atoms with van der Waals surface area (Å²) in [6.45, 7) is 1.86. The number of hydrogen-bond acceptors (Lipinski definition) is 3. The quantitative estimate of drug-likeness (QED) is 0.520. The number of amides is 2. The van der Waals surface area contributed by atoms with Gasteiger partial charge >= 0.3 is 0 Å². The Labute approximate surface area is 196 Å². The van der Waals surface area contributed by atoms with Crippen LogP contribution in [0.15, 0.2) is 91.0 Å². The lowest BCUT2D eigenvalue weighted by Gasteiger charge is -2.33. The number of likely N-dealkylation sites (tertiary alicyclic amines) is 1. The summed E-state index contributed by atoms with van der Waals surface area (Å²) in [4.78, 5) is 27.6. The topological polar surface area (TPSA) is 52.7 Å². The number of piperidine rings is 1. The van der Waals surface area contributed by atoms with Gasteiger partial charge in [0.1, 0.15) is 0 Å². The highest BCUT2D eigenvalue weighted by Gasteiger charge is 2.28. The molecule has 0 spiro atoms. The van der Waals surface area contributed by atoms with E-state index in [9.17, 15) is 9.59 Å². The molecule has 0 saturated carbocycles. The van der Waals surface area contributed by atoms with E-state index in [0.717, 1.165) is 17.7 Å². The van der Waals surface area contributed by atoms with Gasteiger partial charge in [0.2, 0.25) is 11.8 Å². The second-order valence-corrected chi connectivity index (χ2v) is 8.52. The smallest absolute Gasteiger partial charge is 0.241 e. The molecule has 1 aliphatic heterocycles. The molecule has 0 aliphatic carbocycles. The molecule has 0 radical (unpaired) electrons. The van der Waals surface area contributed by atoms with Crippen molar-refractivity contribution in [2.24, 2.45) is 5.92 Å². The van der Waals surface area contributed by atoms with Gasteiger partial charge in [-0.25, -0.2) is 0 Å². The van der Waals surface area contributed by atoms with Crippen LogP contribution in [0.1, 0.15) is 30.4 Å². The van der Waals surface area contributed by atoms with E-state index in [1.54, 1.807) is 0 Å². The molecule has 1 heterocycles. The van der Waals surface area contributed by atoms with Crippen molar-refractivity contribution in [1.82, 2.24) is 10.3 Å². The fraction of sp³-hybridized carbons (Fsp3) is 0.286. The van der Waals surface area contributed by atoms with Crippen molar-refractivity contribution < 1.29 is 9.59 Å². The van der Waals surface area contributed by atoms with Crippen molar-refractivity contribution in [1.29, 1.82) is 0 Å². The van der Waals surface area contributed by atoms with Gasteiger partial charge < -0.3 is 4.90 Å². The van der Waals surface area contributed by atoms with Gasteiger partial charge in [0.05, 0.1) is 12.2 Å². The molecule has 3 aromatic carbocycles. The fourth-order valence-corrected chi connectivity index (χ4v) is 4.24. The number of anilines is 1. The number of hydrazine groups is 1. The molecule has 5 heteroatoms. The number of para-hydroxylation sites is 1. The Kier molecular flexibility index (Phi) is 7.75. The molecule has 2 amide bonds. The van der Waals surface area contributed by atoms with Crippen LogP contribution in [0.5, 0.6) is 0 Å². The highest BCUT2D eigenvalue weighted by atomic mass is 16.2. The van der Waals surface area contributed by atoms with Crippen LogP contribution in [-0.2, 0) is 22.6 Å². The SMILES string of the molecule is O=C(NN(Cc1ccccc1)c1ccccc1)C1CCN(C(=O)CCc2ccccc2)CC1. The van der Waals surface area contributed by atoms with Gasteiger partial charge in [0.25, 0.3) is 0 Å². The minimum absolute atomic E-state index is 0.0196. The number of nitrogens with zero attached hydrogens (tertiary/aromatic N) is 2. The number of rotatable bonds is 8. The van der Waals surface area contributed by atoms with E-state index in [4.69, 9.17) is 0 Å². The van der Waals surface area contributed by atoms with Crippen molar-refractivity contribution in [2.45, 2.75) is 32.2 Å². The summed E-state index contributed by atoms with van der Waals surface area (Å²) < 4.78 is 0. The standard InChI is InChI=1S/C28H31N3O2/c32-27(17-16-23-10-4-1-5-11-23)30-20-18-25(19-21-30)28(33)29-31(26-14-8-3-9-15-26)22-24-12-6-2-7-13-24/h1-15,25H,16-22H2,(H,29,33). The molecule has 1 fully saturated rings. The first kappa shape index (κ1) is 22.6. The van der Waals surface area contributed by atoms with Crippen molar-refractivity contribution in [3.8, 4) is 0 Å². The van der Waals surface area contributed by atoms with Crippen molar-refractivity contribution in [3.05, 3.63) is 102 Å². The molecule has 1 N–H and O–H groups in total. The average molecular weight is 442 g/mol. The van der Waals surface area contributed by atoms with Crippen LogP contribution in [0.25, 0.3) is 0 Å².